The summed E-state index contributed by atoms with van der Waals surface area (Å²) in [5.41, 5.74) is 1.44. The van der Waals surface area contributed by atoms with E-state index in [0.29, 0.717) is 22.3 Å². The molecule has 10 nitrogen and oxygen atoms in total. The highest BCUT2D eigenvalue weighted by atomic mass is 32.2. The normalized spacial score (nSPS) is 19.5. The molecule has 0 aliphatic carbocycles. The maximum Gasteiger partial charge on any atom is 0.283 e. The molecule has 0 radical (unpaired) electrons. The summed E-state index contributed by atoms with van der Waals surface area (Å²) in [7, 11) is 0. The van der Waals surface area contributed by atoms with Crippen molar-refractivity contribution in [2.45, 2.75) is 19.8 Å². The Balaban J connectivity index is 1.44. The largest absolute Gasteiger partial charge is 0.457 e. The Hall–Kier alpha value is -3.73. The maximum atomic E-state index is 12.6. The number of carbonyl (C=O) groups excluding carboxylic acids is 1. The molecule has 0 spiro atoms. The van der Waals surface area contributed by atoms with Crippen molar-refractivity contribution < 1.29 is 14.1 Å². The molecular weight excluding hydrogens is 432 g/mol. The second kappa shape index (κ2) is 7.75. The van der Waals surface area contributed by atoms with Crippen molar-refractivity contribution in [3.05, 3.63) is 57.3 Å². The van der Waals surface area contributed by atoms with Crippen LogP contribution in [0.2, 0.25) is 0 Å². The zero-order valence-electron chi connectivity index (χ0n) is 17.1. The number of nitro benzene ring substituents is 1. The van der Waals surface area contributed by atoms with E-state index in [1.807, 2.05) is 6.92 Å². The number of furan rings is 1. The number of aryl methyl sites for hydroxylation is 1. The van der Waals surface area contributed by atoms with Crippen LogP contribution in [0.3, 0.4) is 0 Å². The van der Waals surface area contributed by atoms with Gasteiger partial charge in [0.1, 0.15) is 11.5 Å². The summed E-state index contributed by atoms with van der Waals surface area (Å²) in [6, 6.07) is 7.88. The topological polar surface area (TPSA) is 128 Å². The van der Waals surface area contributed by atoms with Gasteiger partial charge in [-0.25, -0.2) is 0 Å². The number of thioether (sulfide) groups is 1. The predicted molar refractivity (Wildman–Crippen MR) is 121 cm³/mol. The Morgan fingerprint density at radius 3 is 2.75 bits per heavy atom. The van der Waals surface area contributed by atoms with E-state index in [2.05, 4.69) is 15.0 Å². The number of hydrogen-bond acceptors (Lipinski definition) is 8. The minimum atomic E-state index is -0.531. The van der Waals surface area contributed by atoms with Gasteiger partial charge < -0.3 is 9.32 Å². The minimum absolute atomic E-state index is 0.0359. The molecule has 3 aliphatic heterocycles. The fraction of sp³-hybridized carbons (Fsp3) is 0.238. The molecule has 11 heteroatoms. The van der Waals surface area contributed by atoms with E-state index in [9.17, 15) is 14.9 Å². The van der Waals surface area contributed by atoms with Gasteiger partial charge in [-0.2, -0.15) is 10.0 Å². The molecule has 3 aliphatic rings. The Labute approximate surface area is 186 Å². The number of rotatable bonds is 3. The van der Waals surface area contributed by atoms with E-state index in [1.165, 1.54) is 35.0 Å². The van der Waals surface area contributed by atoms with Crippen molar-refractivity contribution in [2.75, 3.05) is 13.1 Å². The smallest absolute Gasteiger partial charge is 0.283 e. The first kappa shape index (κ1) is 20.2. The molecule has 162 valence electrons. The number of likely N-dealkylation sites (tertiary alicyclic amines) is 1. The summed E-state index contributed by atoms with van der Waals surface area (Å²) in [5, 5.41) is 26.6. The van der Waals surface area contributed by atoms with Gasteiger partial charge in [0.25, 0.3) is 11.6 Å². The van der Waals surface area contributed by atoms with Gasteiger partial charge >= 0.3 is 0 Å². The van der Waals surface area contributed by atoms with Gasteiger partial charge in [-0.05, 0) is 55.3 Å². The van der Waals surface area contributed by atoms with Crippen molar-refractivity contribution in [2.24, 2.45) is 10.1 Å². The first-order valence-electron chi connectivity index (χ1n) is 10.0. The SMILES string of the molecule is Cc1ccc([N+](=O)[O-])cc1-c1ccc(/C=C2/C(=N)N3N=C(N4CCCC4)SC3=NC2=O)o1. The second-order valence-corrected chi connectivity index (χ2v) is 8.49. The van der Waals surface area contributed by atoms with Gasteiger partial charge in [0.05, 0.1) is 10.5 Å². The third kappa shape index (κ3) is 3.50. The number of nitrogens with one attached hydrogen (secondary N) is 1. The lowest BCUT2D eigenvalue weighted by Gasteiger charge is -2.19. The van der Waals surface area contributed by atoms with Crippen LogP contribution in [-0.2, 0) is 4.79 Å². The van der Waals surface area contributed by atoms with Gasteiger partial charge in [0, 0.05) is 30.8 Å². The molecule has 1 fully saturated rings. The van der Waals surface area contributed by atoms with Crippen LogP contribution in [0.25, 0.3) is 17.4 Å². The number of amidine groups is 3. The van der Waals surface area contributed by atoms with Gasteiger partial charge in [-0.1, -0.05) is 6.07 Å². The van der Waals surface area contributed by atoms with Crippen molar-refractivity contribution in [3.8, 4) is 11.3 Å². The Morgan fingerprint density at radius 1 is 1.22 bits per heavy atom. The molecule has 4 heterocycles. The average Bonchev–Trinajstić information content (AvgIpc) is 3.51. The summed E-state index contributed by atoms with van der Waals surface area (Å²) < 4.78 is 5.83. The van der Waals surface area contributed by atoms with E-state index in [-0.39, 0.29) is 17.1 Å². The number of hydrazone groups is 1. The molecule has 1 N–H and O–H groups in total. The van der Waals surface area contributed by atoms with Crippen LogP contribution in [0.15, 0.2) is 50.4 Å². The molecule has 5 rings (SSSR count). The fourth-order valence-corrected chi connectivity index (χ4v) is 4.67. The van der Waals surface area contributed by atoms with Crippen molar-refractivity contribution in [1.29, 1.82) is 5.41 Å². The number of benzene rings is 1. The third-order valence-electron chi connectivity index (χ3n) is 5.43. The number of fused-ring (bicyclic) bond motifs is 1. The lowest BCUT2D eigenvalue weighted by atomic mass is 10.1. The van der Waals surface area contributed by atoms with Crippen molar-refractivity contribution in [3.63, 3.8) is 0 Å². The summed E-state index contributed by atoms with van der Waals surface area (Å²) in [6.45, 7) is 3.64. The number of nitrogens with zero attached hydrogens (tertiary/aromatic N) is 5. The standard InChI is InChI=1S/C21H18N6O4S/c1-12-4-5-13(27(29)30)10-15(12)17-7-6-14(31-17)11-16-18(22)26-20(23-19(16)28)32-21(24-26)25-8-2-3-9-25/h4-7,10-11,22H,2-3,8-9H2,1H3/b16-11-,22-18?. The van der Waals surface area contributed by atoms with Crippen molar-refractivity contribution >= 4 is 45.6 Å². The number of amides is 1. The van der Waals surface area contributed by atoms with E-state index in [1.54, 1.807) is 18.2 Å². The van der Waals surface area contributed by atoms with Crippen LogP contribution in [0.4, 0.5) is 5.69 Å². The van der Waals surface area contributed by atoms with Crippen LogP contribution in [0, 0.1) is 22.4 Å². The van der Waals surface area contributed by atoms with Gasteiger partial charge in [0.15, 0.2) is 11.0 Å². The summed E-state index contributed by atoms with van der Waals surface area (Å²) in [4.78, 5) is 29.5. The fourth-order valence-electron chi connectivity index (χ4n) is 3.72. The summed E-state index contributed by atoms with van der Waals surface area (Å²) >= 11 is 1.30. The van der Waals surface area contributed by atoms with E-state index < -0.39 is 10.8 Å². The number of non-ortho nitro benzene ring substituents is 1. The van der Waals surface area contributed by atoms with Crippen LogP contribution < -0.4 is 0 Å². The molecular formula is C21H18N6O4S. The van der Waals surface area contributed by atoms with Crippen LogP contribution >= 0.6 is 11.8 Å². The molecule has 0 atom stereocenters. The van der Waals surface area contributed by atoms with Gasteiger partial charge in [-0.15, -0.1) is 5.10 Å². The summed E-state index contributed by atoms with van der Waals surface area (Å²) in [6.07, 6.45) is 3.64. The predicted octanol–water partition coefficient (Wildman–Crippen LogP) is 3.84. The minimum Gasteiger partial charge on any atom is -0.457 e. The van der Waals surface area contributed by atoms with Crippen molar-refractivity contribution in [1.82, 2.24) is 9.91 Å². The number of hydrogen-bond donors (Lipinski definition) is 1. The van der Waals surface area contributed by atoms with Crippen LogP contribution in [0.5, 0.6) is 0 Å². The maximum absolute atomic E-state index is 12.6. The highest BCUT2D eigenvalue weighted by Gasteiger charge is 2.37. The molecule has 1 amide bonds. The van der Waals surface area contributed by atoms with Crippen LogP contribution in [0.1, 0.15) is 24.2 Å². The van der Waals surface area contributed by atoms with Crippen LogP contribution in [-0.4, -0.2) is 50.0 Å². The quantitative estimate of drug-likeness (QED) is 0.427. The Kier molecular flexibility index (Phi) is 4.89. The first-order valence-corrected chi connectivity index (χ1v) is 10.8. The van der Waals surface area contributed by atoms with E-state index in [4.69, 9.17) is 9.83 Å². The molecule has 32 heavy (non-hydrogen) atoms. The number of carbonyl (C=O) groups is 1. The third-order valence-corrected chi connectivity index (χ3v) is 6.40. The molecule has 1 aromatic heterocycles. The average molecular weight is 450 g/mol. The molecule has 2 aromatic rings. The molecule has 0 saturated carbocycles. The van der Waals surface area contributed by atoms with Gasteiger partial charge in [-0.3, -0.25) is 20.3 Å². The Bertz CT molecular complexity index is 1250. The number of aliphatic imine (C=N–C) groups is 1. The highest BCUT2D eigenvalue weighted by molar-refractivity contribution is 8.26. The first-order chi connectivity index (χ1) is 15.4. The zero-order valence-corrected chi connectivity index (χ0v) is 17.9. The lowest BCUT2D eigenvalue weighted by molar-refractivity contribution is -0.384. The monoisotopic (exact) mass is 450 g/mol. The number of nitro groups is 1. The van der Waals surface area contributed by atoms with E-state index >= 15 is 0 Å². The molecule has 1 aromatic carbocycles. The lowest BCUT2D eigenvalue weighted by Crippen LogP contribution is -2.35. The molecule has 0 unspecified atom stereocenters. The molecule has 1 saturated heterocycles. The summed E-state index contributed by atoms with van der Waals surface area (Å²) in [5.74, 6) is 0.179. The highest BCUT2D eigenvalue weighted by Crippen LogP contribution is 2.33. The molecule has 0 bridgehead atoms. The van der Waals surface area contributed by atoms with Gasteiger partial charge in [0.2, 0.25) is 5.17 Å². The Morgan fingerprint density at radius 2 is 2.00 bits per heavy atom. The second-order valence-electron chi connectivity index (χ2n) is 7.56. The van der Waals surface area contributed by atoms with E-state index in [0.717, 1.165) is 36.7 Å². The zero-order chi connectivity index (χ0) is 22.4.